The largest absolute Gasteiger partial charge is 0.274 e. The van der Waals surface area contributed by atoms with E-state index in [0.717, 1.165) is 5.84 Å². The van der Waals surface area contributed by atoms with Gasteiger partial charge >= 0.3 is 0 Å². The molecule has 3 heteroatoms. The van der Waals surface area contributed by atoms with Crippen LogP contribution in [-0.2, 0) is 0 Å². The third-order valence-corrected chi connectivity index (χ3v) is 2.23. The summed E-state index contributed by atoms with van der Waals surface area (Å²) in [5.74, 6) is 0.963. The fourth-order valence-electron chi connectivity index (χ4n) is 1.22. The van der Waals surface area contributed by atoms with E-state index in [-0.39, 0.29) is 0 Å². The minimum Gasteiger partial charge on any atom is -0.274 e. The van der Waals surface area contributed by atoms with Crippen LogP contribution in [0, 0.1) is 0 Å². The van der Waals surface area contributed by atoms with Crippen molar-refractivity contribution in [1.82, 2.24) is 5.01 Å². The molecule has 1 aliphatic rings. The van der Waals surface area contributed by atoms with Crippen molar-refractivity contribution in [3.8, 4) is 0 Å². The summed E-state index contributed by atoms with van der Waals surface area (Å²) in [6, 6.07) is 0.566. The van der Waals surface area contributed by atoms with Gasteiger partial charge in [-0.3, -0.25) is 4.99 Å². The molecule has 11 heavy (non-hydrogen) atoms. The van der Waals surface area contributed by atoms with Gasteiger partial charge in [0, 0.05) is 13.8 Å². The summed E-state index contributed by atoms with van der Waals surface area (Å²) in [4.78, 5) is 4.07. The average Bonchev–Trinajstić information content (AvgIpc) is 1.94. The Kier molecular flexibility index (Phi) is 2.63. The lowest BCUT2D eigenvalue weighted by Gasteiger charge is -2.34. The number of aliphatic imine (C=N–C) groups is 1. The number of nitrogens with zero attached hydrogens (tertiary/aromatic N) is 3. The van der Waals surface area contributed by atoms with E-state index in [2.05, 4.69) is 16.8 Å². The molecule has 0 aromatic rings. The number of hydrazone groups is 1. The van der Waals surface area contributed by atoms with Crippen molar-refractivity contribution in [3.63, 3.8) is 0 Å². The van der Waals surface area contributed by atoms with Gasteiger partial charge in [-0.1, -0.05) is 0 Å². The van der Waals surface area contributed by atoms with Crippen molar-refractivity contribution in [2.75, 3.05) is 7.05 Å². The van der Waals surface area contributed by atoms with Crippen molar-refractivity contribution >= 4 is 12.6 Å². The van der Waals surface area contributed by atoms with Gasteiger partial charge in [0.05, 0.1) is 6.04 Å². The quantitative estimate of drug-likeness (QED) is 0.335. The smallest absolute Gasteiger partial charge is 0.116 e. The van der Waals surface area contributed by atoms with Crippen molar-refractivity contribution in [2.45, 2.75) is 32.2 Å². The van der Waals surface area contributed by atoms with E-state index in [1.807, 2.05) is 11.9 Å². The normalized spacial score (nSPS) is 19.3. The Morgan fingerprint density at radius 1 is 1.55 bits per heavy atom. The van der Waals surface area contributed by atoms with Crippen molar-refractivity contribution < 1.29 is 0 Å². The van der Waals surface area contributed by atoms with E-state index in [1.54, 1.807) is 7.05 Å². The number of amidine groups is 1. The van der Waals surface area contributed by atoms with Gasteiger partial charge in [0.2, 0.25) is 0 Å². The molecule has 62 valence electrons. The summed E-state index contributed by atoms with van der Waals surface area (Å²) >= 11 is 0. The fourth-order valence-corrected chi connectivity index (χ4v) is 1.22. The molecule has 0 aromatic carbocycles. The molecular formula is C8H15N3. The highest BCUT2D eigenvalue weighted by molar-refractivity contribution is 5.79. The Bertz CT molecular complexity index is 170. The van der Waals surface area contributed by atoms with Crippen LogP contribution in [0.5, 0.6) is 0 Å². The predicted octanol–water partition coefficient (Wildman–Crippen LogP) is 1.50. The third-order valence-electron chi connectivity index (χ3n) is 2.23. The maximum absolute atomic E-state index is 4.07. The molecule has 0 heterocycles. The van der Waals surface area contributed by atoms with Crippen LogP contribution >= 0.6 is 0 Å². The molecule has 1 fully saturated rings. The van der Waals surface area contributed by atoms with Crippen molar-refractivity contribution in [3.05, 3.63) is 0 Å². The Morgan fingerprint density at radius 2 is 2.18 bits per heavy atom. The second kappa shape index (κ2) is 3.51. The highest BCUT2D eigenvalue weighted by Gasteiger charge is 2.24. The molecule has 1 rings (SSSR count). The molecule has 0 aliphatic heterocycles. The first-order valence-electron chi connectivity index (χ1n) is 3.99. The number of hydrogen-bond donors (Lipinski definition) is 0. The van der Waals surface area contributed by atoms with E-state index in [9.17, 15) is 0 Å². The van der Waals surface area contributed by atoms with Crippen LogP contribution in [0.4, 0.5) is 0 Å². The fraction of sp³-hybridized carbons (Fsp3) is 0.750. The highest BCUT2D eigenvalue weighted by atomic mass is 15.5. The Hall–Kier alpha value is -0.860. The van der Waals surface area contributed by atoms with Gasteiger partial charge in [-0.15, -0.1) is 0 Å². The molecule has 0 radical (unpaired) electrons. The van der Waals surface area contributed by atoms with Crippen LogP contribution in [0.15, 0.2) is 10.1 Å². The minimum absolute atomic E-state index is 0.566. The molecule has 0 unspecified atom stereocenters. The van der Waals surface area contributed by atoms with Gasteiger partial charge in [-0.25, -0.2) is 5.01 Å². The molecule has 0 spiro atoms. The standard InChI is InChI=1S/C8H15N3/c1-7(9-2)11(10-3)8-5-4-6-8/h8H,3-6H2,1-2H3. The first-order chi connectivity index (χ1) is 5.29. The van der Waals surface area contributed by atoms with Crippen LogP contribution in [0.1, 0.15) is 26.2 Å². The lowest BCUT2D eigenvalue weighted by molar-refractivity contribution is 0.215. The van der Waals surface area contributed by atoms with E-state index in [0.29, 0.717) is 6.04 Å². The lowest BCUT2D eigenvalue weighted by atomic mass is 9.92. The van der Waals surface area contributed by atoms with Crippen LogP contribution in [0.25, 0.3) is 0 Å². The van der Waals surface area contributed by atoms with Crippen LogP contribution in [-0.4, -0.2) is 30.7 Å². The lowest BCUT2D eigenvalue weighted by Crippen LogP contribution is -2.39. The molecule has 0 saturated heterocycles. The summed E-state index contributed by atoms with van der Waals surface area (Å²) < 4.78 is 0. The molecule has 0 N–H and O–H groups in total. The Morgan fingerprint density at radius 3 is 2.45 bits per heavy atom. The van der Waals surface area contributed by atoms with E-state index in [4.69, 9.17) is 0 Å². The first kappa shape index (κ1) is 8.24. The van der Waals surface area contributed by atoms with Crippen LogP contribution in [0.3, 0.4) is 0 Å². The number of hydrogen-bond acceptors (Lipinski definition) is 2. The topological polar surface area (TPSA) is 28.0 Å². The summed E-state index contributed by atoms with van der Waals surface area (Å²) in [6.07, 6.45) is 3.77. The zero-order valence-electron chi connectivity index (χ0n) is 7.25. The summed E-state index contributed by atoms with van der Waals surface area (Å²) in [6.45, 7) is 5.49. The van der Waals surface area contributed by atoms with Crippen molar-refractivity contribution in [2.24, 2.45) is 10.1 Å². The second-order valence-electron chi connectivity index (χ2n) is 2.84. The zero-order valence-corrected chi connectivity index (χ0v) is 7.25. The third kappa shape index (κ3) is 1.59. The maximum atomic E-state index is 4.07. The highest BCUT2D eigenvalue weighted by Crippen LogP contribution is 2.24. The van der Waals surface area contributed by atoms with E-state index < -0.39 is 0 Å². The van der Waals surface area contributed by atoms with Crippen LogP contribution < -0.4 is 0 Å². The number of rotatable bonds is 2. The molecule has 3 nitrogen and oxygen atoms in total. The van der Waals surface area contributed by atoms with Crippen molar-refractivity contribution in [1.29, 1.82) is 0 Å². The van der Waals surface area contributed by atoms with Gasteiger partial charge in [-0.2, -0.15) is 5.10 Å². The summed E-state index contributed by atoms with van der Waals surface area (Å²) in [5, 5.41) is 5.85. The van der Waals surface area contributed by atoms with Crippen LogP contribution in [0.2, 0.25) is 0 Å². The van der Waals surface area contributed by atoms with Gasteiger partial charge in [-0.05, 0) is 26.2 Å². The summed E-state index contributed by atoms with van der Waals surface area (Å²) in [7, 11) is 1.78. The summed E-state index contributed by atoms with van der Waals surface area (Å²) in [5.41, 5.74) is 0. The Balaban J connectivity index is 2.54. The molecule has 0 bridgehead atoms. The molecule has 1 saturated carbocycles. The molecule has 0 amide bonds. The molecule has 0 aromatic heterocycles. The van der Waals surface area contributed by atoms with Gasteiger partial charge < -0.3 is 0 Å². The van der Waals surface area contributed by atoms with Gasteiger partial charge in [0.15, 0.2) is 0 Å². The van der Waals surface area contributed by atoms with E-state index in [1.165, 1.54) is 19.3 Å². The first-order valence-corrected chi connectivity index (χ1v) is 3.99. The van der Waals surface area contributed by atoms with Gasteiger partial charge in [0.25, 0.3) is 0 Å². The molecule has 1 aliphatic carbocycles. The molecular weight excluding hydrogens is 138 g/mol. The van der Waals surface area contributed by atoms with E-state index >= 15 is 0 Å². The Labute approximate surface area is 67.8 Å². The SMILES string of the molecule is C=NN(C(C)=NC)C1CCC1. The monoisotopic (exact) mass is 153 g/mol. The average molecular weight is 153 g/mol. The zero-order chi connectivity index (χ0) is 8.27. The molecule has 0 atom stereocenters. The minimum atomic E-state index is 0.566. The van der Waals surface area contributed by atoms with Gasteiger partial charge in [0.1, 0.15) is 5.84 Å². The maximum Gasteiger partial charge on any atom is 0.116 e. The predicted molar refractivity (Wildman–Crippen MR) is 48.1 cm³/mol. The second-order valence-corrected chi connectivity index (χ2v) is 2.84.